The second-order valence-electron chi connectivity index (χ2n) is 6.02. The molecule has 0 aliphatic carbocycles. The van der Waals surface area contributed by atoms with Gasteiger partial charge in [0.2, 0.25) is 11.8 Å². The van der Waals surface area contributed by atoms with Crippen LogP contribution in [0.5, 0.6) is 5.75 Å². The van der Waals surface area contributed by atoms with Crippen LogP contribution >= 0.6 is 11.8 Å². The second-order valence-corrected chi connectivity index (χ2v) is 7.03. The quantitative estimate of drug-likeness (QED) is 0.722. The zero-order chi connectivity index (χ0) is 19.1. The lowest BCUT2D eigenvalue weighted by molar-refractivity contribution is -0.118. The fourth-order valence-corrected chi connectivity index (χ4v) is 3.46. The number of ether oxygens (including phenoxy) is 1. The maximum Gasteiger partial charge on any atom is 0.237 e. The van der Waals surface area contributed by atoms with Crippen molar-refractivity contribution in [3.63, 3.8) is 0 Å². The van der Waals surface area contributed by atoms with Gasteiger partial charge in [-0.25, -0.2) is 0 Å². The van der Waals surface area contributed by atoms with Crippen LogP contribution in [-0.4, -0.2) is 31.2 Å². The number of hydrogen-bond acceptors (Lipinski definition) is 4. The van der Waals surface area contributed by atoms with Crippen molar-refractivity contribution in [3.05, 3.63) is 53.6 Å². The van der Waals surface area contributed by atoms with Gasteiger partial charge in [0.1, 0.15) is 5.75 Å². The first-order valence-corrected chi connectivity index (χ1v) is 9.32. The van der Waals surface area contributed by atoms with Crippen molar-refractivity contribution in [2.45, 2.75) is 25.2 Å². The van der Waals surface area contributed by atoms with Gasteiger partial charge in [0.05, 0.1) is 12.9 Å². The lowest BCUT2D eigenvalue weighted by Gasteiger charge is -2.22. The lowest BCUT2D eigenvalue weighted by atomic mass is 10.2. The molecule has 0 spiro atoms. The molecule has 0 aliphatic heterocycles. The molecule has 0 radical (unpaired) electrons. The number of rotatable bonds is 8. The fraction of sp³-hybridized carbons (Fsp3) is 0.300. The van der Waals surface area contributed by atoms with Crippen LogP contribution in [0, 0.1) is 13.8 Å². The van der Waals surface area contributed by atoms with E-state index in [0.717, 1.165) is 21.7 Å². The Bertz CT molecular complexity index is 775. The zero-order valence-corrected chi connectivity index (χ0v) is 16.1. The maximum absolute atomic E-state index is 12.8. The molecule has 6 heteroatoms. The molecule has 0 aromatic heterocycles. The number of benzene rings is 2. The van der Waals surface area contributed by atoms with Gasteiger partial charge in [-0.2, -0.15) is 0 Å². The van der Waals surface area contributed by atoms with Crippen LogP contribution < -0.4 is 15.4 Å². The minimum absolute atomic E-state index is 0.0673. The summed E-state index contributed by atoms with van der Waals surface area (Å²) in [6.07, 6.45) is 0.117. The Balaban J connectivity index is 2.13. The van der Waals surface area contributed by atoms with Gasteiger partial charge < -0.3 is 15.4 Å². The van der Waals surface area contributed by atoms with Gasteiger partial charge in [0.15, 0.2) is 0 Å². The lowest BCUT2D eigenvalue weighted by Crippen LogP contribution is -2.35. The Labute approximate surface area is 158 Å². The molecule has 2 amide bonds. The molecule has 26 heavy (non-hydrogen) atoms. The summed E-state index contributed by atoms with van der Waals surface area (Å²) in [5.41, 5.74) is 8.28. The summed E-state index contributed by atoms with van der Waals surface area (Å²) >= 11 is 1.50. The molecule has 0 saturated carbocycles. The molecule has 2 N–H and O–H groups in total. The maximum atomic E-state index is 12.8. The van der Waals surface area contributed by atoms with Gasteiger partial charge in [-0.15, -0.1) is 11.8 Å². The van der Waals surface area contributed by atoms with E-state index in [1.165, 1.54) is 11.8 Å². The summed E-state index contributed by atoms with van der Waals surface area (Å²) in [6.45, 7) is 4.32. The molecular weight excluding hydrogens is 348 g/mol. The van der Waals surface area contributed by atoms with Crippen molar-refractivity contribution < 1.29 is 14.3 Å². The molecular formula is C20H24N2O3S. The van der Waals surface area contributed by atoms with Gasteiger partial charge in [-0.3, -0.25) is 9.59 Å². The number of thioether (sulfide) groups is 1. The van der Waals surface area contributed by atoms with Crippen LogP contribution in [-0.2, 0) is 9.59 Å². The molecule has 0 heterocycles. The highest BCUT2D eigenvalue weighted by Gasteiger charge is 2.17. The first kappa shape index (κ1) is 19.8. The van der Waals surface area contributed by atoms with E-state index in [0.29, 0.717) is 5.75 Å². The van der Waals surface area contributed by atoms with Gasteiger partial charge in [-0.05, 0) is 49.7 Å². The van der Waals surface area contributed by atoms with Crippen LogP contribution in [0.2, 0.25) is 0 Å². The standard InChI is InChI=1S/C20H24N2O3S/c1-14-4-5-15(2)18(12-14)26-13-20(24)22(11-10-19(21)23)16-6-8-17(25-3)9-7-16/h4-9,12H,10-11,13H2,1-3H3,(H2,21,23). The van der Waals surface area contributed by atoms with E-state index in [1.807, 2.05) is 13.8 Å². The normalized spacial score (nSPS) is 10.4. The highest BCUT2D eigenvalue weighted by atomic mass is 32.2. The van der Waals surface area contributed by atoms with Crippen LogP contribution in [0.15, 0.2) is 47.4 Å². The fourth-order valence-electron chi connectivity index (χ4n) is 2.46. The Morgan fingerprint density at radius 1 is 1.12 bits per heavy atom. The number of carbonyl (C=O) groups is 2. The number of methoxy groups -OCH3 is 1. The molecule has 0 atom stereocenters. The molecule has 138 valence electrons. The Morgan fingerprint density at radius 2 is 1.81 bits per heavy atom. The van der Waals surface area contributed by atoms with Crippen molar-refractivity contribution in [2.24, 2.45) is 5.73 Å². The summed E-state index contributed by atoms with van der Waals surface area (Å²) in [5.74, 6) is 0.497. The van der Waals surface area contributed by atoms with E-state index in [9.17, 15) is 9.59 Å². The first-order chi connectivity index (χ1) is 12.4. The summed E-state index contributed by atoms with van der Waals surface area (Å²) < 4.78 is 5.16. The van der Waals surface area contributed by atoms with Crippen LogP contribution in [0.4, 0.5) is 5.69 Å². The summed E-state index contributed by atoms with van der Waals surface area (Å²) in [4.78, 5) is 26.7. The molecule has 2 aromatic rings. The highest BCUT2D eigenvalue weighted by molar-refractivity contribution is 8.00. The van der Waals surface area contributed by atoms with Crippen molar-refractivity contribution >= 4 is 29.3 Å². The Morgan fingerprint density at radius 3 is 2.42 bits per heavy atom. The first-order valence-electron chi connectivity index (χ1n) is 8.33. The van der Waals surface area contributed by atoms with Gasteiger partial charge in [-0.1, -0.05) is 17.7 Å². The number of hydrogen-bond donors (Lipinski definition) is 1. The molecule has 5 nitrogen and oxygen atoms in total. The van der Waals surface area contributed by atoms with E-state index in [2.05, 4.69) is 18.2 Å². The van der Waals surface area contributed by atoms with Crippen molar-refractivity contribution in [1.29, 1.82) is 0 Å². The van der Waals surface area contributed by atoms with Crippen LogP contribution in [0.25, 0.3) is 0 Å². The number of anilines is 1. The topological polar surface area (TPSA) is 72.6 Å². The molecule has 0 aliphatic rings. The number of amides is 2. The van der Waals surface area contributed by atoms with E-state index >= 15 is 0 Å². The van der Waals surface area contributed by atoms with E-state index in [1.54, 1.807) is 36.3 Å². The van der Waals surface area contributed by atoms with Gasteiger partial charge in [0, 0.05) is 23.5 Å². The van der Waals surface area contributed by atoms with Crippen molar-refractivity contribution in [2.75, 3.05) is 24.3 Å². The highest BCUT2D eigenvalue weighted by Crippen LogP contribution is 2.26. The molecule has 0 fully saturated rings. The number of primary amides is 1. The van der Waals surface area contributed by atoms with Crippen LogP contribution in [0.3, 0.4) is 0 Å². The second kappa shape index (κ2) is 9.29. The molecule has 2 aromatic carbocycles. The summed E-state index contributed by atoms with van der Waals surface area (Å²) in [6, 6.07) is 13.4. The van der Waals surface area contributed by atoms with E-state index in [4.69, 9.17) is 10.5 Å². The van der Waals surface area contributed by atoms with E-state index < -0.39 is 5.91 Å². The predicted octanol–water partition coefficient (Wildman–Crippen LogP) is 3.31. The predicted molar refractivity (Wildman–Crippen MR) is 106 cm³/mol. The number of carbonyl (C=O) groups excluding carboxylic acids is 2. The minimum atomic E-state index is -0.432. The SMILES string of the molecule is COc1ccc(N(CCC(N)=O)C(=O)CSc2cc(C)ccc2C)cc1. The van der Waals surface area contributed by atoms with Gasteiger partial charge >= 0.3 is 0 Å². The number of nitrogens with zero attached hydrogens (tertiary/aromatic N) is 1. The average molecular weight is 372 g/mol. The summed E-state index contributed by atoms with van der Waals surface area (Å²) in [5, 5.41) is 0. The van der Waals surface area contributed by atoms with Crippen molar-refractivity contribution in [3.8, 4) is 5.75 Å². The third kappa shape index (κ3) is 5.52. The third-order valence-electron chi connectivity index (χ3n) is 3.96. The minimum Gasteiger partial charge on any atom is -0.497 e. The smallest absolute Gasteiger partial charge is 0.237 e. The molecule has 0 unspecified atom stereocenters. The largest absolute Gasteiger partial charge is 0.497 e. The van der Waals surface area contributed by atoms with Crippen molar-refractivity contribution in [1.82, 2.24) is 0 Å². The monoisotopic (exact) mass is 372 g/mol. The Hall–Kier alpha value is -2.47. The third-order valence-corrected chi connectivity index (χ3v) is 5.10. The number of aryl methyl sites for hydroxylation is 2. The Kier molecular flexibility index (Phi) is 7.09. The average Bonchev–Trinajstić information content (AvgIpc) is 2.63. The van der Waals surface area contributed by atoms with Crippen LogP contribution in [0.1, 0.15) is 17.5 Å². The number of nitrogens with two attached hydrogens (primary N) is 1. The summed E-state index contributed by atoms with van der Waals surface area (Å²) in [7, 11) is 1.59. The van der Waals surface area contributed by atoms with E-state index in [-0.39, 0.29) is 24.6 Å². The molecule has 2 rings (SSSR count). The zero-order valence-electron chi connectivity index (χ0n) is 15.3. The molecule has 0 bridgehead atoms. The van der Waals surface area contributed by atoms with Gasteiger partial charge in [0.25, 0.3) is 0 Å². The molecule has 0 saturated heterocycles.